The summed E-state index contributed by atoms with van der Waals surface area (Å²) < 4.78 is 46.0. The number of anilines is 1. The highest BCUT2D eigenvalue weighted by molar-refractivity contribution is 6.51. The molecule has 1 fully saturated rings. The number of aliphatic hydroxyl groups excluding tert-OH is 1. The average molecular weight is 552 g/mol. The van der Waals surface area contributed by atoms with Crippen molar-refractivity contribution in [3.8, 4) is 17.2 Å². The summed E-state index contributed by atoms with van der Waals surface area (Å²) in [5.74, 6) is -2.96. The van der Waals surface area contributed by atoms with Crippen molar-refractivity contribution in [1.29, 1.82) is 0 Å². The van der Waals surface area contributed by atoms with Crippen LogP contribution in [-0.4, -0.2) is 37.1 Å². The van der Waals surface area contributed by atoms with E-state index in [0.717, 1.165) is 28.7 Å². The minimum Gasteiger partial charge on any atom is -0.507 e. The van der Waals surface area contributed by atoms with Gasteiger partial charge in [-0.25, -0.2) is 8.78 Å². The summed E-state index contributed by atoms with van der Waals surface area (Å²) in [5, 5.41) is 11.5. The minimum atomic E-state index is -1.30. The molecule has 1 atom stereocenters. The fraction of sp³-hybridized carbons (Fsp3) is 0.290. The predicted octanol–water partition coefficient (Wildman–Crippen LogP) is 6.52. The molecule has 1 aliphatic rings. The van der Waals surface area contributed by atoms with Crippen LogP contribution in [0.5, 0.6) is 17.2 Å². The van der Waals surface area contributed by atoms with Crippen molar-refractivity contribution < 1.29 is 37.7 Å². The van der Waals surface area contributed by atoms with E-state index in [2.05, 4.69) is 0 Å². The Kier molecular flexibility index (Phi) is 8.42. The molecule has 1 saturated heterocycles. The molecule has 1 heterocycles. The summed E-state index contributed by atoms with van der Waals surface area (Å²) in [6.45, 7) is 8.28. The van der Waals surface area contributed by atoms with Gasteiger partial charge in [0.05, 0.1) is 37.6 Å². The molecule has 0 aliphatic carbocycles. The number of nitrogens with zero attached hydrogens (tertiary/aromatic N) is 1. The molecule has 0 radical (unpaired) electrons. The van der Waals surface area contributed by atoms with Gasteiger partial charge >= 0.3 is 0 Å². The standard InChI is InChI=1S/C31H31F2NO6/c1-6-39-24-12-9-19(14-21(24)17(3)4)29(35)27-28(18-8-13-25(38-5)26(15-18)40-7-2)34(31(37)30(27)36)23-16-20(32)10-11-22(23)33/h8-17,28,35H,6-7H2,1-5H3/b29-27+. The Morgan fingerprint density at radius 3 is 2.25 bits per heavy atom. The molecule has 1 N–H and O–H groups in total. The van der Waals surface area contributed by atoms with E-state index in [1.807, 2.05) is 20.8 Å². The summed E-state index contributed by atoms with van der Waals surface area (Å²) in [7, 11) is 1.46. The van der Waals surface area contributed by atoms with Gasteiger partial charge in [-0.15, -0.1) is 0 Å². The van der Waals surface area contributed by atoms with Crippen LogP contribution in [0.3, 0.4) is 0 Å². The number of benzene rings is 3. The van der Waals surface area contributed by atoms with Crippen LogP contribution in [0.25, 0.3) is 5.76 Å². The Morgan fingerprint density at radius 1 is 0.925 bits per heavy atom. The van der Waals surface area contributed by atoms with Crippen molar-refractivity contribution in [3.63, 3.8) is 0 Å². The van der Waals surface area contributed by atoms with E-state index in [9.17, 15) is 19.1 Å². The second-order valence-electron chi connectivity index (χ2n) is 9.45. The van der Waals surface area contributed by atoms with Crippen molar-refractivity contribution in [2.75, 3.05) is 25.2 Å². The molecule has 4 rings (SSSR count). The number of ketones is 1. The maximum atomic E-state index is 15.0. The van der Waals surface area contributed by atoms with Crippen molar-refractivity contribution >= 4 is 23.1 Å². The first-order valence-electron chi connectivity index (χ1n) is 13.0. The normalized spacial score (nSPS) is 16.5. The van der Waals surface area contributed by atoms with Gasteiger partial charge in [-0.2, -0.15) is 0 Å². The van der Waals surface area contributed by atoms with E-state index in [1.54, 1.807) is 43.3 Å². The van der Waals surface area contributed by atoms with Crippen LogP contribution in [0.2, 0.25) is 0 Å². The van der Waals surface area contributed by atoms with Gasteiger partial charge in [0, 0.05) is 11.6 Å². The number of ether oxygens (including phenoxy) is 3. The number of hydrogen-bond acceptors (Lipinski definition) is 6. The molecule has 210 valence electrons. The Hall–Kier alpha value is -4.40. The highest BCUT2D eigenvalue weighted by Crippen LogP contribution is 2.45. The molecule has 3 aromatic rings. The fourth-order valence-corrected chi connectivity index (χ4v) is 4.79. The summed E-state index contributed by atoms with van der Waals surface area (Å²) in [5.41, 5.74) is 0.669. The highest BCUT2D eigenvalue weighted by Gasteiger charge is 2.48. The quantitative estimate of drug-likeness (QED) is 0.185. The monoisotopic (exact) mass is 551 g/mol. The Bertz CT molecular complexity index is 1480. The van der Waals surface area contributed by atoms with Gasteiger partial charge in [-0.3, -0.25) is 14.5 Å². The molecule has 0 bridgehead atoms. The zero-order chi connectivity index (χ0) is 29.1. The van der Waals surface area contributed by atoms with Crippen LogP contribution >= 0.6 is 0 Å². The van der Waals surface area contributed by atoms with Gasteiger partial charge in [0.15, 0.2) is 11.5 Å². The van der Waals surface area contributed by atoms with Gasteiger partial charge in [0.1, 0.15) is 23.1 Å². The minimum absolute atomic E-state index is 0.0178. The second kappa shape index (κ2) is 11.8. The van der Waals surface area contributed by atoms with Crippen LogP contribution in [0.4, 0.5) is 14.5 Å². The number of Topliss-reactive ketones (excluding diaryl/α,β-unsaturated/α-hetero) is 1. The maximum Gasteiger partial charge on any atom is 0.300 e. The molecule has 0 saturated carbocycles. The van der Waals surface area contributed by atoms with Gasteiger partial charge in [-0.05, 0) is 73.4 Å². The van der Waals surface area contributed by atoms with E-state index < -0.39 is 40.8 Å². The van der Waals surface area contributed by atoms with Gasteiger partial charge < -0.3 is 19.3 Å². The van der Waals surface area contributed by atoms with Gasteiger partial charge in [0.25, 0.3) is 11.7 Å². The molecule has 1 unspecified atom stereocenters. The van der Waals surface area contributed by atoms with Crippen LogP contribution in [0, 0.1) is 11.6 Å². The SMILES string of the molecule is CCOc1cc(C2/C(=C(\O)c3ccc(OCC)c(C(C)C)c3)C(=O)C(=O)N2c2cc(F)ccc2F)ccc1OC. The highest BCUT2D eigenvalue weighted by atomic mass is 19.1. The van der Waals surface area contributed by atoms with Crippen LogP contribution in [0.15, 0.2) is 60.2 Å². The largest absolute Gasteiger partial charge is 0.507 e. The van der Waals surface area contributed by atoms with E-state index in [4.69, 9.17) is 14.2 Å². The second-order valence-corrected chi connectivity index (χ2v) is 9.45. The van der Waals surface area contributed by atoms with Gasteiger partial charge in [0.2, 0.25) is 0 Å². The molecule has 7 nitrogen and oxygen atoms in total. The van der Waals surface area contributed by atoms with E-state index in [-0.39, 0.29) is 17.1 Å². The zero-order valence-electron chi connectivity index (χ0n) is 23.0. The van der Waals surface area contributed by atoms with Crippen molar-refractivity contribution in [1.82, 2.24) is 0 Å². The van der Waals surface area contributed by atoms with Crippen LogP contribution in [0.1, 0.15) is 56.3 Å². The van der Waals surface area contributed by atoms with Crippen molar-refractivity contribution in [2.45, 2.75) is 39.7 Å². The molecule has 0 spiro atoms. The van der Waals surface area contributed by atoms with E-state index in [0.29, 0.717) is 36.0 Å². The summed E-state index contributed by atoms with van der Waals surface area (Å²) >= 11 is 0. The maximum absolute atomic E-state index is 15.0. The molecule has 3 aromatic carbocycles. The lowest BCUT2D eigenvalue weighted by molar-refractivity contribution is -0.132. The molecule has 0 aromatic heterocycles. The molecular weight excluding hydrogens is 520 g/mol. The number of carbonyl (C=O) groups excluding carboxylic acids is 2. The topological polar surface area (TPSA) is 85.3 Å². The summed E-state index contributed by atoms with van der Waals surface area (Å²) in [6.07, 6.45) is 0. The lowest BCUT2D eigenvalue weighted by atomic mass is 9.93. The number of hydrogen-bond donors (Lipinski definition) is 1. The molecule has 9 heteroatoms. The number of aliphatic hydroxyl groups is 1. The van der Waals surface area contributed by atoms with Crippen LogP contribution < -0.4 is 19.1 Å². The lowest BCUT2D eigenvalue weighted by Gasteiger charge is -2.26. The Morgan fingerprint density at radius 2 is 1.60 bits per heavy atom. The third kappa shape index (κ3) is 5.23. The Labute approximate surface area is 231 Å². The molecule has 1 amide bonds. The number of methoxy groups -OCH3 is 1. The summed E-state index contributed by atoms with van der Waals surface area (Å²) in [4.78, 5) is 27.8. The number of halogens is 2. The third-order valence-corrected chi connectivity index (χ3v) is 6.62. The predicted molar refractivity (Wildman–Crippen MR) is 147 cm³/mol. The molecule has 40 heavy (non-hydrogen) atoms. The van der Waals surface area contributed by atoms with Crippen LogP contribution in [-0.2, 0) is 9.59 Å². The van der Waals surface area contributed by atoms with Crippen molar-refractivity contribution in [3.05, 3.63) is 88.5 Å². The number of rotatable bonds is 9. The smallest absolute Gasteiger partial charge is 0.300 e. The zero-order valence-corrected chi connectivity index (χ0v) is 23.0. The number of carbonyl (C=O) groups is 2. The first-order chi connectivity index (χ1) is 19.1. The number of amides is 1. The van der Waals surface area contributed by atoms with E-state index >= 15 is 4.39 Å². The summed E-state index contributed by atoms with van der Waals surface area (Å²) in [6, 6.07) is 11.0. The van der Waals surface area contributed by atoms with E-state index in [1.165, 1.54) is 7.11 Å². The Balaban J connectivity index is 1.99. The van der Waals surface area contributed by atoms with Gasteiger partial charge in [-0.1, -0.05) is 19.9 Å². The molecule has 1 aliphatic heterocycles. The van der Waals surface area contributed by atoms with Crippen molar-refractivity contribution in [2.24, 2.45) is 0 Å². The third-order valence-electron chi connectivity index (χ3n) is 6.62. The lowest BCUT2D eigenvalue weighted by Crippen LogP contribution is -2.30. The average Bonchev–Trinajstić information content (AvgIpc) is 3.20. The first kappa shape index (κ1) is 28.6. The first-order valence-corrected chi connectivity index (χ1v) is 13.0. The molecular formula is C31H31F2NO6. The fourth-order valence-electron chi connectivity index (χ4n) is 4.79.